The normalized spacial score (nSPS) is 14.0. The van der Waals surface area contributed by atoms with E-state index in [1.54, 1.807) is 45.2 Å². The number of hydrogen-bond acceptors (Lipinski definition) is 6. The molecule has 166 valence electrons. The number of amides is 2. The number of thiophene rings is 1. The minimum absolute atomic E-state index is 0.145. The summed E-state index contributed by atoms with van der Waals surface area (Å²) in [5, 5.41) is 6.17. The van der Waals surface area contributed by atoms with Crippen molar-refractivity contribution in [1.29, 1.82) is 0 Å². The van der Waals surface area contributed by atoms with Gasteiger partial charge in [-0.05, 0) is 56.5 Å². The van der Waals surface area contributed by atoms with Crippen molar-refractivity contribution < 1.29 is 23.9 Å². The highest BCUT2D eigenvalue weighted by Crippen LogP contribution is 2.34. The van der Waals surface area contributed by atoms with Crippen LogP contribution in [0.25, 0.3) is 0 Å². The SMILES string of the molecule is CCOC(=O)c1c(NC(=O)c2ccc(OC)cc2)sc(C(=O)NC2CCCCC2)c1C. The highest BCUT2D eigenvalue weighted by Gasteiger charge is 2.28. The van der Waals surface area contributed by atoms with E-state index in [0.29, 0.717) is 26.8 Å². The summed E-state index contributed by atoms with van der Waals surface area (Å²) >= 11 is 1.10. The number of hydrogen-bond donors (Lipinski definition) is 2. The van der Waals surface area contributed by atoms with Crippen LogP contribution in [0.1, 0.15) is 75.0 Å². The minimum atomic E-state index is -0.557. The standard InChI is InChI=1S/C23H28N2O5S/c1-4-30-23(28)18-14(2)19(21(27)24-16-8-6-5-7-9-16)31-22(18)25-20(26)15-10-12-17(29-3)13-11-15/h10-13,16H,4-9H2,1-3H3,(H,24,27)(H,25,26). The van der Waals surface area contributed by atoms with Gasteiger partial charge in [0.1, 0.15) is 10.8 Å². The van der Waals surface area contributed by atoms with E-state index in [1.807, 2.05) is 0 Å². The number of nitrogens with one attached hydrogen (secondary N) is 2. The Labute approximate surface area is 186 Å². The highest BCUT2D eigenvalue weighted by atomic mass is 32.1. The summed E-state index contributed by atoms with van der Waals surface area (Å²) in [6.07, 6.45) is 5.32. The Kier molecular flexibility index (Phi) is 7.68. The van der Waals surface area contributed by atoms with Crippen LogP contribution >= 0.6 is 11.3 Å². The van der Waals surface area contributed by atoms with E-state index in [-0.39, 0.29) is 30.0 Å². The third kappa shape index (κ3) is 5.44. The molecule has 0 radical (unpaired) electrons. The van der Waals surface area contributed by atoms with Crippen molar-refractivity contribution in [2.45, 2.75) is 52.0 Å². The summed E-state index contributed by atoms with van der Waals surface area (Å²) in [7, 11) is 1.55. The Hall–Kier alpha value is -2.87. The van der Waals surface area contributed by atoms with Crippen LogP contribution in [0, 0.1) is 6.92 Å². The zero-order chi connectivity index (χ0) is 22.4. The second kappa shape index (κ2) is 10.4. The smallest absolute Gasteiger partial charge is 0.341 e. The van der Waals surface area contributed by atoms with Crippen molar-refractivity contribution in [3.63, 3.8) is 0 Å². The molecule has 0 spiro atoms. The maximum Gasteiger partial charge on any atom is 0.341 e. The third-order valence-corrected chi connectivity index (χ3v) is 6.56. The number of methoxy groups -OCH3 is 1. The first-order chi connectivity index (χ1) is 14.9. The van der Waals surface area contributed by atoms with Crippen LogP contribution in [-0.4, -0.2) is 37.5 Å². The molecule has 8 heteroatoms. The number of anilines is 1. The lowest BCUT2D eigenvalue weighted by Gasteiger charge is -2.22. The molecule has 1 aromatic heterocycles. The van der Waals surface area contributed by atoms with Crippen LogP contribution in [-0.2, 0) is 4.74 Å². The Morgan fingerprint density at radius 1 is 1.06 bits per heavy atom. The zero-order valence-corrected chi connectivity index (χ0v) is 18.9. The molecular formula is C23H28N2O5S. The van der Waals surface area contributed by atoms with Crippen molar-refractivity contribution in [3.8, 4) is 5.75 Å². The van der Waals surface area contributed by atoms with Crippen molar-refractivity contribution in [2.75, 3.05) is 19.0 Å². The predicted molar refractivity (Wildman–Crippen MR) is 120 cm³/mol. The van der Waals surface area contributed by atoms with Crippen molar-refractivity contribution >= 4 is 34.1 Å². The van der Waals surface area contributed by atoms with Crippen molar-refractivity contribution in [2.24, 2.45) is 0 Å². The van der Waals surface area contributed by atoms with E-state index < -0.39 is 5.97 Å². The van der Waals surface area contributed by atoms with Gasteiger partial charge in [-0.15, -0.1) is 11.3 Å². The number of rotatable bonds is 7. The molecule has 0 aliphatic heterocycles. The minimum Gasteiger partial charge on any atom is -0.497 e. The lowest BCUT2D eigenvalue weighted by Crippen LogP contribution is -2.36. The predicted octanol–water partition coefficient (Wildman–Crippen LogP) is 4.56. The molecule has 0 unspecified atom stereocenters. The van der Waals surface area contributed by atoms with Gasteiger partial charge < -0.3 is 20.1 Å². The molecule has 1 heterocycles. The van der Waals surface area contributed by atoms with Crippen molar-refractivity contribution in [1.82, 2.24) is 5.32 Å². The maximum atomic E-state index is 12.9. The Balaban J connectivity index is 1.86. The summed E-state index contributed by atoms with van der Waals surface area (Å²) in [5.74, 6) is -0.519. The van der Waals surface area contributed by atoms with E-state index in [9.17, 15) is 14.4 Å². The lowest BCUT2D eigenvalue weighted by molar-refractivity contribution is 0.0527. The van der Waals surface area contributed by atoms with Crippen molar-refractivity contribution in [3.05, 3.63) is 45.8 Å². The lowest BCUT2D eigenvalue weighted by atomic mass is 9.95. The highest BCUT2D eigenvalue weighted by molar-refractivity contribution is 7.18. The largest absolute Gasteiger partial charge is 0.497 e. The monoisotopic (exact) mass is 444 g/mol. The van der Waals surface area contributed by atoms with Gasteiger partial charge in [-0.2, -0.15) is 0 Å². The fourth-order valence-corrected chi connectivity index (χ4v) is 4.78. The molecule has 0 saturated heterocycles. The summed E-state index contributed by atoms with van der Waals surface area (Å²) in [5.41, 5.74) is 1.15. The average molecular weight is 445 g/mol. The second-order valence-corrected chi connectivity index (χ2v) is 8.49. The van der Waals surface area contributed by atoms with Crippen LogP contribution in [0.15, 0.2) is 24.3 Å². The molecule has 2 amide bonds. The topological polar surface area (TPSA) is 93.7 Å². The molecule has 1 fully saturated rings. The molecule has 2 aromatic rings. The first-order valence-corrected chi connectivity index (χ1v) is 11.3. The molecular weight excluding hydrogens is 416 g/mol. The number of ether oxygens (including phenoxy) is 2. The summed E-state index contributed by atoms with van der Waals surface area (Å²) in [6.45, 7) is 3.62. The Morgan fingerprint density at radius 3 is 2.35 bits per heavy atom. The third-order valence-electron chi connectivity index (χ3n) is 5.35. The molecule has 1 aliphatic carbocycles. The maximum absolute atomic E-state index is 12.9. The number of carbonyl (C=O) groups excluding carboxylic acids is 3. The van der Waals surface area contributed by atoms with Crippen LogP contribution in [0.3, 0.4) is 0 Å². The van der Waals surface area contributed by atoms with Crippen LogP contribution in [0.4, 0.5) is 5.00 Å². The van der Waals surface area contributed by atoms with Gasteiger partial charge in [0.05, 0.1) is 24.2 Å². The number of carbonyl (C=O) groups is 3. The average Bonchev–Trinajstić information content (AvgIpc) is 3.10. The van der Waals surface area contributed by atoms with Crippen LogP contribution in [0.5, 0.6) is 5.75 Å². The van der Waals surface area contributed by atoms with Gasteiger partial charge in [0.25, 0.3) is 11.8 Å². The molecule has 2 N–H and O–H groups in total. The second-order valence-electron chi connectivity index (χ2n) is 7.47. The Bertz CT molecular complexity index is 946. The van der Waals surface area contributed by atoms with E-state index in [4.69, 9.17) is 9.47 Å². The molecule has 31 heavy (non-hydrogen) atoms. The quantitative estimate of drug-likeness (QED) is 0.611. The molecule has 1 saturated carbocycles. The number of benzene rings is 1. The van der Waals surface area contributed by atoms with E-state index in [2.05, 4.69) is 10.6 Å². The Morgan fingerprint density at radius 2 is 1.74 bits per heavy atom. The molecule has 1 aromatic carbocycles. The van der Waals surface area contributed by atoms with Gasteiger partial charge >= 0.3 is 5.97 Å². The van der Waals surface area contributed by atoms with E-state index >= 15 is 0 Å². The van der Waals surface area contributed by atoms with Gasteiger partial charge in [0, 0.05) is 11.6 Å². The fourth-order valence-electron chi connectivity index (χ4n) is 3.68. The van der Waals surface area contributed by atoms with Crippen LogP contribution in [0.2, 0.25) is 0 Å². The van der Waals surface area contributed by atoms with Gasteiger partial charge in [-0.1, -0.05) is 19.3 Å². The van der Waals surface area contributed by atoms with Gasteiger partial charge in [-0.25, -0.2) is 4.79 Å². The molecule has 0 atom stereocenters. The van der Waals surface area contributed by atoms with Gasteiger partial charge in [0.2, 0.25) is 0 Å². The summed E-state index contributed by atoms with van der Waals surface area (Å²) < 4.78 is 10.3. The van der Waals surface area contributed by atoms with E-state index in [1.165, 1.54) is 6.42 Å². The zero-order valence-electron chi connectivity index (χ0n) is 18.1. The van der Waals surface area contributed by atoms with E-state index in [0.717, 1.165) is 37.0 Å². The van der Waals surface area contributed by atoms with Crippen LogP contribution < -0.4 is 15.4 Å². The van der Waals surface area contributed by atoms with Gasteiger partial charge in [0.15, 0.2) is 0 Å². The molecule has 0 bridgehead atoms. The molecule has 7 nitrogen and oxygen atoms in total. The number of esters is 1. The summed E-state index contributed by atoms with van der Waals surface area (Å²) in [4.78, 5) is 38.7. The summed E-state index contributed by atoms with van der Waals surface area (Å²) in [6, 6.07) is 6.78. The molecule has 3 rings (SSSR count). The fraction of sp³-hybridized carbons (Fsp3) is 0.435. The first kappa shape index (κ1) is 22.8. The van der Waals surface area contributed by atoms with Gasteiger partial charge in [-0.3, -0.25) is 9.59 Å². The first-order valence-electron chi connectivity index (χ1n) is 10.5. The molecule has 1 aliphatic rings.